The fraction of sp³-hybridized carbons (Fsp3) is 0.217. The van der Waals surface area contributed by atoms with Gasteiger partial charge in [-0.05, 0) is 62.2 Å². The Morgan fingerprint density at radius 1 is 1.06 bits per heavy atom. The zero-order chi connectivity index (χ0) is 22.4. The molecule has 0 fully saturated rings. The van der Waals surface area contributed by atoms with Crippen LogP contribution < -0.4 is 21.5 Å². The zero-order valence-corrected chi connectivity index (χ0v) is 17.7. The SMILES string of the molecule is Cc1cccc(NC(=O)Nc2ccc(C)n(CC(=O)N[C@@H](C)c3cccnc3)c2=O)c1. The predicted molar refractivity (Wildman–Crippen MR) is 120 cm³/mol. The van der Waals surface area contributed by atoms with E-state index in [-0.39, 0.29) is 24.2 Å². The lowest BCUT2D eigenvalue weighted by Gasteiger charge is -2.16. The highest BCUT2D eigenvalue weighted by Gasteiger charge is 2.15. The summed E-state index contributed by atoms with van der Waals surface area (Å²) in [6, 6.07) is 13.4. The topological polar surface area (TPSA) is 105 Å². The number of nitrogens with one attached hydrogen (secondary N) is 3. The third-order valence-corrected chi connectivity index (χ3v) is 4.78. The molecule has 0 aliphatic rings. The van der Waals surface area contributed by atoms with Crippen LogP contribution in [0.2, 0.25) is 0 Å². The van der Waals surface area contributed by atoms with E-state index >= 15 is 0 Å². The van der Waals surface area contributed by atoms with Crippen LogP contribution in [0.4, 0.5) is 16.2 Å². The third kappa shape index (κ3) is 5.79. The number of nitrogens with zero attached hydrogens (tertiary/aromatic N) is 2. The molecule has 0 aliphatic carbocycles. The zero-order valence-electron chi connectivity index (χ0n) is 17.7. The van der Waals surface area contributed by atoms with Crippen molar-refractivity contribution >= 4 is 23.3 Å². The predicted octanol–water partition coefficient (Wildman–Crippen LogP) is 3.38. The summed E-state index contributed by atoms with van der Waals surface area (Å²) in [4.78, 5) is 41.7. The van der Waals surface area contributed by atoms with Crippen LogP contribution >= 0.6 is 0 Å². The van der Waals surface area contributed by atoms with Crippen molar-refractivity contribution in [3.8, 4) is 0 Å². The largest absolute Gasteiger partial charge is 0.348 e. The minimum atomic E-state index is -0.534. The monoisotopic (exact) mass is 419 g/mol. The van der Waals surface area contributed by atoms with Gasteiger partial charge in [0.05, 0.1) is 6.04 Å². The number of carbonyl (C=O) groups is 2. The normalized spacial score (nSPS) is 11.5. The molecule has 0 spiro atoms. The molecule has 3 amide bonds. The molecular formula is C23H25N5O3. The average Bonchev–Trinajstić information content (AvgIpc) is 2.74. The van der Waals surface area contributed by atoms with Gasteiger partial charge in [0, 0.05) is 23.8 Å². The van der Waals surface area contributed by atoms with Crippen molar-refractivity contribution in [2.24, 2.45) is 0 Å². The fourth-order valence-electron chi connectivity index (χ4n) is 3.12. The minimum absolute atomic E-state index is 0.0869. The molecule has 31 heavy (non-hydrogen) atoms. The lowest BCUT2D eigenvalue weighted by Crippen LogP contribution is -2.36. The number of aromatic nitrogens is 2. The highest BCUT2D eigenvalue weighted by molar-refractivity contribution is 5.99. The molecule has 0 radical (unpaired) electrons. The van der Waals surface area contributed by atoms with Gasteiger partial charge in [-0.3, -0.25) is 14.6 Å². The van der Waals surface area contributed by atoms with Crippen molar-refractivity contribution in [1.82, 2.24) is 14.9 Å². The number of aryl methyl sites for hydroxylation is 2. The molecule has 160 valence electrons. The first-order valence-electron chi connectivity index (χ1n) is 9.88. The van der Waals surface area contributed by atoms with Gasteiger partial charge in [-0.2, -0.15) is 0 Å². The van der Waals surface area contributed by atoms with E-state index in [1.54, 1.807) is 37.5 Å². The third-order valence-electron chi connectivity index (χ3n) is 4.78. The van der Waals surface area contributed by atoms with Crippen molar-refractivity contribution < 1.29 is 9.59 Å². The van der Waals surface area contributed by atoms with Crippen molar-refractivity contribution in [2.75, 3.05) is 10.6 Å². The molecule has 3 rings (SSSR count). The van der Waals surface area contributed by atoms with Gasteiger partial charge in [-0.15, -0.1) is 0 Å². The number of anilines is 2. The van der Waals surface area contributed by atoms with Gasteiger partial charge in [0.25, 0.3) is 5.56 Å². The summed E-state index contributed by atoms with van der Waals surface area (Å²) in [5.41, 5.74) is 2.73. The molecule has 0 unspecified atom stereocenters. The molecule has 8 heteroatoms. The molecular weight excluding hydrogens is 394 g/mol. The van der Waals surface area contributed by atoms with Crippen LogP contribution in [-0.2, 0) is 11.3 Å². The summed E-state index contributed by atoms with van der Waals surface area (Å²) >= 11 is 0. The molecule has 0 aliphatic heterocycles. The second-order valence-electron chi connectivity index (χ2n) is 7.30. The number of amides is 3. The number of hydrogen-bond acceptors (Lipinski definition) is 4. The molecule has 0 bridgehead atoms. The van der Waals surface area contributed by atoms with Crippen molar-refractivity contribution in [2.45, 2.75) is 33.4 Å². The molecule has 8 nitrogen and oxygen atoms in total. The maximum Gasteiger partial charge on any atom is 0.323 e. The van der Waals surface area contributed by atoms with Crippen LogP contribution in [0.25, 0.3) is 0 Å². The Hall–Kier alpha value is -3.94. The summed E-state index contributed by atoms with van der Waals surface area (Å²) in [5, 5.41) is 8.12. The number of hydrogen-bond donors (Lipinski definition) is 3. The van der Waals surface area contributed by atoms with E-state index in [2.05, 4.69) is 20.9 Å². The van der Waals surface area contributed by atoms with Crippen LogP contribution in [0.1, 0.15) is 29.8 Å². The quantitative estimate of drug-likeness (QED) is 0.570. The van der Waals surface area contributed by atoms with Crippen LogP contribution in [0.3, 0.4) is 0 Å². The highest BCUT2D eigenvalue weighted by Crippen LogP contribution is 2.12. The molecule has 3 aromatic rings. The van der Waals surface area contributed by atoms with Gasteiger partial charge in [0.15, 0.2) is 0 Å². The maximum atomic E-state index is 12.9. The van der Waals surface area contributed by atoms with E-state index in [4.69, 9.17) is 0 Å². The molecule has 0 saturated carbocycles. The van der Waals surface area contributed by atoms with Crippen molar-refractivity contribution in [3.05, 3.63) is 88.1 Å². The summed E-state index contributed by atoms with van der Waals surface area (Å²) in [5.74, 6) is -0.317. The summed E-state index contributed by atoms with van der Waals surface area (Å²) in [6.45, 7) is 5.33. The van der Waals surface area contributed by atoms with Crippen LogP contribution in [0.5, 0.6) is 0 Å². The summed E-state index contributed by atoms with van der Waals surface area (Å²) < 4.78 is 1.33. The standard InChI is InChI=1S/C23H25N5O3/c1-15-6-4-8-19(12-15)26-23(31)27-20-10-9-16(2)28(22(20)30)14-21(29)25-17(3)18-7-5-11-24-13-18/h4-13,17H,14H2,1-3H3,(H,25,29)(H2,26,27,31)/t17-/m0/s1. The fourth-order valence-corrected chi connectivity index (χ4v) is 3.12. The Balaban J connectivity index is 1.69. The Kier molecular flexibility index (Phi) is 6.81. The number of pyridine rings is 2. The van der Waals surface area contributed by atoms with E-state index in [9.17, 15) is 14.4 Å². The number of benzene rings is 1. The lowest BCUT2D eigenvalue weighted by molar-refractivity contribution is -0.122. The second-order valence-corrected chi connectivity index (χ2v) is 7.30. The van der Waals surface area contributed by atoms with Crippen LogP contribution in [-0.4, -0.2) is 21.5 Å². The first-order valence-corrected chi connectivity index (χ1v) is 9.88. The van der Waals surface area contributed by atoms with Gasteiger partial charge >= 0.3 is 6.03 Å². The maximum absolute atomic E-state index is 12.9. The van der Waals surface area contributed by atoms with E-state index in [0.29, 0.717) is 11.4 Å². The average molecular weight is 419 g/mol. The van der Waals surface area contributed by atoms with E-state index < -0.39 is 11.6 Å². The first-order chi connectivity index (χ1) is 14.8. The van der Waals surface area contributed by atoms with Gasteiger partial charge in [0.2, 0.25) is 5.91 Å². The molecule has 1 aromatic carbocycles. The Morgan fingerprint density at radius 2 is 1.87 bits per heavy atom. The van der Waals surface area contributed by atoms with Crippen LogP contribution in [0, 0.1) is 13.8 Å². The van der Waals surface area contributed by atoms with Gasteiger partial charge in [-0.1, -0.05) is 18.2 Å². The molecule has 0 saturated heterocycles. The van der Waals surface area contributed by atoms with Crippen molar-refractivity contribution in [3.63, 3.8) is 0 Å². The van der Waals surface area contributed by atoms with Crippen LogP contribution in [0.15, 0.2) is 65.7 Å². The molecule has 1 atom stereocenters. The molecule has 2 heterocycles. The summed E-state index contributed by atoms with van der Waals surface area (Å²) in [7, 11) is 0. The smallest absolute Gasteiger partial charge is 0.323 e. The van der Waals surface area contributed by atoms with Crippen molar-refractivity contribution in [1.29, 1.82) is 0 Å². The first kappa shape index (κ1) is 21.8. The Bertz CT molecular complexity index is 1140. The van der Waals surface area contributed by atoms with E-state index in [1.165, 1.54) is 10.6 Å². The van der Waals surface area contributed by atoms with E-state index in [0.717, 1.165) is 11.1 Å². The van der Waals surface area contributed by atoms with Gasteiger partial charge in [-0.25, -0.2) is 4.79 Å². The Labute approximate surface area is 180 Å². The molecule has 2 aromatic heterocycles. The van der Waals surface area contributed by atoms with E-state index in [1.807, 2.05) is 38.1 Å². The Morgan fingerprint density at radius 3 is 2.58 bits per heavy atom. The minimum Gasteiger partial charge on any atom is -0.348 e. The number of rotatable bonds is 6. The highest BCUT2D eigenvalue weighted by atomic mass is 16.2. The second kappa shape index (κ2) is 9.71. The van der Waals surface area contributed by atoms with Gasteiger partial charge in [0.1, 0.15) is 12.2 Å². The summed E-state index contributed by atoms with van der Waals surface area (Å²) in [6.07, 6.45) is 3.34. The molecule has 3 N–H and O–H groups in total. The number of urea groups is 1. The lowest BCUT2D eigenvalue weighted by atomic mass is 10.1. The number of carbonyl (C=O) groups excluding carboxylic acids is 2. The van der Waals surface area contributed by atoms with Gasteiger partial charge < -0.3 is 20.5 Å².